The van der Waals surface area contributed by atoms with Crippen LogP contribution in [0.25, 0.3) is 12.2 Å². The molecule has 0 bridgehead atoms. The van der Waals surface area contributed by atoms with Crippen LogP contribution in [-0.4, -0.2) is 78.9 Å². The van der Waals surface area contributed by atoms with Gasteiger partial charge in [-0.3, -0.25) is 4.79 Å². The molecule has 12 nitrogen and oxygen atoms in total. The average Bonchev–Trinajstić information content (AvgIpc) is 2.92. The van der Waals surface area contributed by atoms with Crippen LogP contribution in [0.3, 0.4) is 0 Å². The topological polar surface area (TPSA) is 203 Å². The molecule has 220 valence electrons. The lowest BCUT2D eigenvalue weighted by atomic mass is 9.78. The van der Waals surface area contributed by atoms with E-state index in [9.17, 15) is 45.0 Å². The van der Waals surface area contributed by atoms with Gasteiger partial charge in [0.15, 0.2) is 23.0 Å². The number of hydrogen-bond acceptors (Lipinski definition) is 11. The molecule has 2 atom stereocenters. The van der Waals surface area contributed by atoms with E-state index in [4.69, 9.17) is 9.47 Å². The largest absolute Gasteiger partial charge is 0.504 e. The minimum atomic E-state index is -2.14. The van der Waals surface area contributed by atoms with E-state index < -0.39 is 66.1 Å². The number of carbonyl (C=O) groups excluding carboxylic acids is 3. The summed E-state index contributed by atoms with van der Waals surface area (Å²) >= 11 is 0. The Bertz CT molecular complexity index is 1230. The predicted molar refractivity (Wildman–Crippen MR) is 145 cm³/mol. The van der Waals surface area contributed by atoms with Gasteiger partial charge in [0.1, 0.15) is 23.9 Å². The molecule has 1 amide bonds. The van der Waals surface area contributed by atoms with Gasteiger partial charge in [0.05, 0.1) is 0 Å². The quantitative estimate of drug-likeness (QED) is 0.0949. The first-order chi connectivity index (χ1) is 19.4. The Morgan fingerprint density at radius 2 is 1.32 bits per heavy atom. The van der Waals surface area contributed by atoms with Crippen molar-refractivity contribution in [2.24, 2.45) is 0 Å². The van der Waals surface area contributed by atoms with Crippen molar-refractivity contribution in [3.05, 3.63) is 59.7 Å². The van der Waals surface area contributed by atoms with Gasteiger partial charge in [0.25, 0.3) is 5.91 Å². The Hall–Kier alpha value is -4.55. The summed E-state index contributed by atoms with van der Waals surface area (Å²) in [4.78, 5) is 37.9. The molecule has 0 aliphatic heterocycles. The fourth-order valence-corrected chi connectivity index (χ4v) is 4.18. The third kappa shape index (κ3) is 8.47. The molecule has 41 heavy (non-hydrogen) atoms. The monoisotopic (exact) mass is 571 g/mol. The van der Waals surface area contributed by atoms with Gasteiger partial charge in [-0.05, 0) is 54.0 Å². The van der Waals surface area contributed by atoms with E-state index in [1.807, 2.05) is 6.92 Å². The first kappa shape index (κ1) is 31.0. The fourth-order valence-electron chi connectivity index (χ4n) is 4.18. The van der Waals surface area contributed by atoms with Crippen molar-refractivity contribution in [3.63, 3.8) is 0 Å². The van der Waals surface area contributed by atoms with E-state index in [0.29, 0.717) is 17.5 Å². The van der Waals surface area contributed by atoms with Crippen LogP contribution >= 0.6 is 0 Å². The summed E-state index contributed by atoms with van der Waals surface area (Å²) in [5.41, 5.74) is -1.43. The molecule has 3 rings (SSSR count). The van der Waals surface area contributed by atoms with Crippen molar-refractivity contribution in [2.75, 3.05) is 6.54 Å². The number of esters is 2. The van der Waals surface area contributed by atoms with E-state index >= 15 is 0 Å². The molecule has 0 aromatic heterocycles. The zero-order chi connectivity index (χ0) is 30.2. The predicted octanol–water partition coefficient (Wildman–Crippen LogP) is 1.86. The van der Waals surface area contributed by atoms with Crippen molar-refractivity contribution in [1.29, 1.82) is 0 Å². The number of aromatic hydroxyl groups is 4. The molecule has 1 saturated carbocycles. The van der Waals surface area contributed by atoms with Crippen molar-refractivity contribution in [2.45, 2.75) is 56.5 Å². The van der Waals surface area contributed by atoms with Crippen molar-refractivity contribution in [1.82, 2.24) is 5.32 Å². The number of benzene rings is 2. The van der Waals surface area contributed by atoms with Gasteiger partial charge in [0, 0.05) is 31.5 Å². The summed E-state index contributed by atoms with van der Waals surface area (Å²) < 4.78 is 10.7. The molecule has 0 heterocycles. The normalized spacial score (nSPS) is 22.5. The third-order valence-electron chi connectivity index (χ3n) is 6.44. The van der Waals surface area contributed by atoms with Crippen LogP contribution in [0.1, 0.15) is 43.7 Å². The number of ether oxygens (including phenoxy) is 2. The standard InChI is InChI=1S/C29H33NO11/c1-2-3-12-30-28(38)29(39)15-23(40-25(35)10-6-17-4-8-19(31)21(33)13-17)27(37)24(16-29)41-26(36)11-7-18-5-9-20(32)22(34)14-18/h4-11,13-14,23-24,27,31-34,37,39H,2-3,12,15-16H2,1H3,(H,30,38)/b10-6+,11-7+/t23-,24-,27?,29?/m1/s1. The molecule has 0 unspecified atom stereocenters. The van der Waals surface area contributed by atoms with E-state index in [1.54, 1.807) is 0 Å². The van der Waals surface area contributed by atoms with Crippen LogP contribution < -0.4 is 5.32 Å². The Labute approximate surface area is 235 Å². The molecular formula is C29H33NO11. The lowest BCUT2D eigenvalue weighted by molar-refractivity contribution is -0.196. The number of carbonyl (C=O) groups is 3. The van der Waals surface area contributed by atoms with Crippen LogP contribution in [0.15, 0.2) is 48.6 Å². The number of amides is 1. The summed E-state index contributed by atoms with van der Waals surface area (Å²) in [6.45, 7) is 2.20. The van der Waals surface area contributed by atoms with Gasteiger partial charge in [0.2, 0.25) is 0 Å². The van der Waals surface area contributed by atoms with Crippen LogP contribution in [0, 0.1) is 0 Å². The van der Waals surface area contributed by atoms with Crippen molar-refractivity contribution >= 4 is 30.0 Å². The van der Waals surface area contributed by atoms with E-state index in [2.05, 4.69) is 5.32 Å². The minimum Gasteiger partial charge on any atom is -0.504 e. The van der Waals surface area contributed by atoms with E-state index in [1.165, 1.54) is 48.6 Å². The molecule has 1 fully saturated rings. The zero-order valence-corrected chi connectivity index (χ0v) is 22.3. The molecular weight excluding hydrogens is 538 g/mol. The second kappa shape index (κ2) is 13.7. The van der Waals surface area contributed by atoms with Crippen molar-refractivity contribution < 1.29 is 54.5 Å². The number of aliphatic hydroxyl groups is 2. The third-order valence-corrected chi connectivity index (χ3v) is 6.44. The maximum Gasteiger partial charge on any atom is 0.331 e. The van der Waals surface area contributed by atoms with Gasteiger partial charge in [-0.2, -0.15) is 0 Å². The highest BCUT2D eigenvalue weighted by Crippen LogP contribution is 2.34. The first-order valence-electron chi connectivity index (χ1n) is 12.9. The van der Waals surface area contributed by atoms with Gasteiger partial charge in [-0.1, -0.05) is 25.5 Å². The smallest absolute Gasteiger partial charge is 0.331 e. The SMILES string of the molecule is CCCCNC(=O)C1(O)C[C@@H](OC(=O)/C=C/c2ccc(O)c(O)c2)C(O)[C@H](OC(=O)/C=C/c2ccc(O)c(O)c2)C1. The van der Waals surface area contributed by atoms with Crippen molar-refractivity contribution in [3.8, 4) is 23.0 Å². The van der Waals surface area contributed by atoms with Crippen LogP contribution in [0.2, 0.25) is 0 Å². The number of rotatable bonds is 10. The first-order valence-corrected chi connectivity index (χ1v) is 12.9. The van der Waals surface area contributed by atoms with Gasteiger partial charge in [-0.15, -0.1) is 0 Å². The van der Waals surface area contributed by atoms with Crippen LogP contribution in [0.4, 0.5) is 0 Å². The molecule has 0 saturated heterocycles. The zero-order valence-electron chi connectivity index (χ0n) is 22.3. The second-order valence-corrected chi connectivity index (χ2v) is 9.65. The highest BCUT2D eigenvalue weighted by molar-refractivity contribution is 5.89. The average molecular weight is 572 g/mol. The lowest BCUT2D eigenvalue weighted by Gasteiger charge is -2.41. The fraction of sp³-hybridized carbons (Fsp3) is 0.345. The molecule has 7 N–H and O–H groups in total. The number of hydrogen-bond donors (Lipinski definition) is 7. The Morgan fingerprint density at radius 1 is 0.854 bits per heavy atom. The Morgan fingerprint density at radius 3 is 1.73 bits per heavy atom. The number of nitrogens with one attached hydrogen (secondary N) is 1. The highest BCUT2D eigenvalue weighted by atomic mass is 16.6. The molecule has 0 spiro atoms. The number of aliphatic hydroxyl groups excluding tert-OH is 1. The minimum absolute atomic E-state index is 0.277. The molecule has 2 aromatic rings. The Kier molecular flexibility index (Phi) is 10.3. The van der Waals surface area contributed by atoms with Crippen LogP contribution in [-0.2, 0) is 23.9 Å². The second-order valence-electron chi connectivity index (χ2n) is 9.65. The molecule has 2 aromatic carbocycles. The molecule has 1 aliphatic rings. The maximum absolute atomic E-state index is 12.9. The summed E-state index contributed by atoms with van der Waals surface area (Å²) in [6.07, 6.45) is 0.570. The Balaban J connectivity index is 1.76. The number of unbranched alkanes of at least 4 members (excludes halogenated alkanes) is 1. The van der Waals surface area contributed by atoms with Gasteiger partial charge < -0.3 is 45.4 Å². The lowest BCUT2D eigenvalue weighted by Crippen LogP contribution is -2.60. The van der Waals surface area contributed by atoms with Gasteiger partial charge >= 0.3 is 11.9 Å². The maximum atomic E-state index is 12.9. The van der Waals surface area contributed by atoms with Gasteiger partial charge in [-0.25, -0.2) is 9.59 Å². The highest BCUT2D eigenvalue weighted by Gasteiger charge is 2.51. The summed E-state index contributed by atoms with van der Waals surface area (Å²) in [5, 5.41) is 62.8. The van der Waals surface area contributed by atoms with Crippen LogP contribution in [0.5, 0.6) is 23.0 Å². The van der Waals surface area contributed by atoms with E-state index in [-0.39, 0.29) is 18.0 Å². The molecule has 0 radical (unpaired) electrons. The number of phenolic OH excluding ortho intramolecular Hbond substituents is 4. The summed E-state index contributed by atoms with van der Waals surface area (Å²) in [7, 11) is 0. The molecule has 1 aliphatic carbocycles. The van der Waals surface area contributed by atoms with E-state index in [0.717, 1.165) is 18.6 Å². The number of phenols is 4. The summed E-state index contributed by atoms with van der Waals surface area (Å²) in [5.74, 6) is -4.16. The molecule has 12 heteroatoms. The summed E-state index contributed by atoms with van der Waals surface area (Å²) in [6, 6.07) is 7.71.